The Bertz CT molecular complexity index is 237. The quantitative estimate of drug-likeness (QED) is 0.384. The van der Waals surface area contributed by atoms with E-state index < -0.39 is 7.12 Å². The van der Waals surface area contributed by atoms with E-state index in [2.05, 4.69) is 0 Å². The van der Waals surface area contributed by atoms with Crippen molar-refractivity contribution < 1.29 is 14.8 Å². The molecular weight excluding hydrogens is 157 g/mol. The van der Waals surface area contributed by atoms with E-state index in [4.69, 9.17) is 20.5 Å². The molecule has 0 heterocycles. The van der Waals surface area contributed by atoms with Crippen molar-refractivity contribution in [2.24, 2.45) is 5.73 Å². The van der Waals surface area contributed by atoms with Crippen molar-refractivity contribution in [1.82, 2.24) is 0 Å². The minimum absolute atomic E-state index is 0.112. The topological polar surface area (TPSA) is 75.7 Å². The number of ether oxygens (including phenoxy) is 1. The minimum atomic E-state index is -1.43. The molecule has 0 saturated heterocycles. The molecular formula is C7H10BNO3. The van der Waals surface area contributed by atoms with Crippen LogP contribution in [-0.4, -0.2) is 23.9 Å². The molecule has 64 valence electrons. The molecule has 4 nitrogen and oxygen atoms in total. The van der Waals surface area contributed by atoms with Crippen LogP contribution >= 0.6 is 0 Å². The van der Waals surface area contributed by atoms with Gasteiger partial charge in [-0.05, 0) is 17.6 Å². The third-order valence-corrected chi connectivity index (χ3v) is 1.43. The fraction of sp³-hybridized carbons (Fsp3) is 0.143. The summed E-state index contributed by atoms with van der Waals surface area (Å²) in [6, 6.07) is 6.38. The number of hydrogen-bond donors (Lipinski definition) is 3. The largest absolute Gasteiger partial charge is 0.488 e. The summed E-state index contributed by atoms with van der Waals surface area (Å²) in [6.45, 7) is 0.112. The van der Waals surface area contributed by atoms with E-state index >= 15 is 0 Å². The zero-order chi connectivity index (χ0) is 8.97. The van der Waals surface area contributed by atoms with Crippen molar-refractivity contribution in [3.63, 3.8) is 0 Å². The average molecular weight is 167 g/mol. The van der Waals surface area contributed by atoms with Gasteiger partial charge in [0.2, 0.25) is 0 Å². The zero-order valence-electron chi connectivity index (χ0n) is 6.47. The predicted octanol–water partition coefficient (Wildman–Crippen LogP) is -1.34. The Morgan fingerprint density at radius 3 is 2.25 bits per heavy atom. The highest BCUT2D eigenvalue weighted by molar-refractivity contribution is 6.58. The maximum atomic E-state index is 8.73. The van der Waals surface area contributed by atoms with E-state index in [1.807, 2.05) is 0 Å². The van der Waals surface area contributed by atoms with E-state index in [9.17, 15) is 0 Å². The molecule has 0 aliphatic heterocycles. The van der Waals surface area contributed by atoms with Crippen LogP contribution in [0.5, 0.6) is 5.75 Å². The van der Waals surface area contributed by atoms with Crippen LogP contribution < -0.4 is 15.9 Å². The van der Waals surface area contributed by atoms with Crippen molar-refractivity contribution >= 4 is 12.6 Å². The first-order valence-electron chi connectivity index (χ1n) is 3.53. The molecule has 1 rings (SSSR count). The molecule has 0 bridgehead atoms. The van der Waals surface area contributed by atoms with Crippen molar-refractivity contribution in [1.29, 1.82) is 0 Å². The molecule has 0 spiro atoms. The van der Waals surface area contributed by atoms with Crippen LogP contribution in [0.15, 0.2) is 24.3 Å². The van der Waals surface area contributed by atoms with E-state index in [0.29, 0.717) is 11.2 Å². The summed E-state index contributed by atoms with van der Waals surface area (Å²) in [5.74, 6) is 0.613. The first kappa shape index (κ1) is 9.06. The molecule has 4 N–H and O–H groups in total. The Hall–Kier alpha value is -1.04. The van der Waals surface area contributed by atoms with E-state index in [1.54, 1.807) is 24.3 Å². The van der Waals surface area contributed by atoms with Crippen LogP contribution in [-0.2, 0) is 0 Å². The van der Waals surface area contributed by atoms with Crippen LogP contribution in [0.25, 0.3) is 0 Å². The number of nitrogens with two attached hydrogens (primary N) is 1. The molecule has 0 amide bonds. The molecule has 0 aromatic heterocycles. The van der Waals surface area contributed by atoms with Gasteiger partial charge in [0.25, 0.3) is 0 Å². The maximum absolute atomic E-state index is 8.73. The van der Waals surface area contributed by atoms with E-state index in [1.165, 1.54) is 0 Å². The summed E-state index contributed by atoms with van der Waals surface area (Å²) < 4.78 is 4.96. The third-order valence-electron chi connectivity index (χ3n) is 1.43. The van der Waals surface area contributed by atoms with Crippen LogP contribution in [0, 0.1) is 0 Å². The first-order valence-corrected chi connectivity index (χ1v) is 3.53. The van der Waals surface area contributed by atoms with Gasteiger partial charge in [0.05, 0.1) is 0 Å². The molecule has 0 aliphatic rings. The number of rotatable bonds is 3. The predicted molar refractivity (Wildman–Crippen MR) is 46.0 cm³/mol. The SMILES string of the molecule is NCOc1ccc(B(O)O)cc1. The smallest absolute Gasteiger partial charge is 0.479 e. The molecule has 5 heteroatoms. The zero-order valence-corrected chi connectivity index (χ0v) is 6.47. The highest BCUT2D eigenvalue weighted by Gasteiger charge is 2.09. The Morgan fingerprint density at radius 1 is 1.25 bits per heavy atom. The number of benzene rings is 1. The molecule has 0 atom stereocenters. The molecule has 12 heavy (non-hydrogen) atoms. The molecule has 0 radical (unpaired) electrons. The normalized spacial score (nSPS) is 9.58. The van der Waals surface area contributed by atoms with Gasteiger partial charge in [-0.25, -0.2) is 0 Å². The second-order valence-electron chi connectivity index (χ2n) is 2.25. The average Bonchev–Trinajstić information content (AvgIpc) is 2.06. The first-order chi connectivity index (χ1) is 5.74. The van der Waals surface area contributed by atoms with E-state index in [0.717, 1.165) is 0 Å². The minimum Gasteiger partial charge on any atom is -0.479 e. The van der Waals surface area contributed by atoms with Gasteiger partial charge in [0.15, 0.2) is 0 Å². The Morgan fingerprint density at radius 2 is 1.83 bits per heavy atom. The Labute approximate surface area is 70.7 Å². The van der Waals surface area contributed by atoms with Gasteiger partial charge in [-0.2, -0.15) is 0 Å². The summed E-state index contributed by atoms with van der Waals surface area (Å²) in [4.78, 5) is 0. The maximum Gasteiger partial charge on any atom is 0.488 e. The lowest BCUT2D eigenvalue weighted by atomic mass is 9.80. The van der Waals surface area contributed by atoms with E-state index in [-0.39, 0.29) is 6.73 Å². The Balaban J connectivity index is 2.71. The monoisotopic (exact) mass is 167 g/mol. The van der Waals surface area contributed by atoms with Gasteiger partial charge in [0, 0.05) is 0 Å². The van der Waals surface area contributed by atoms with Crippen LogP contribution in [0.2, 0.25) is 0 Å². The lowest BCUT2D eigenvalue weighted by Gasteiger charge is -2.03. The van der Waals surface area contributed by atoms with Crippen molar-refractivity contribution in [3.05, 3.63) is 24.3 Å². The molecule has 1 aromatic rings. The molecule has 0 saturated carbocycles. The molecule has 0 aliphatic carbocycles. The lowest BCUT2D eigenvalue weighted by Crippen LogP contribution is -2.29. The summed E-state index contributed by atoms with van der Waals surface area (Å²) in [5, 5.41) is 17.5. The number of hydrogen-bond acceptors (Lipinski definition) is 4. The van der Waals surface area contributed by atoms with Crippen molar-refractivity contribution in [2.75, 3.05) is 6.73 Å². The standard InChI is InChI=1S/C7H10BNO3/c9-5-12-7-3-1-6(2-4-7)8(10)11/h1-4,10-11H,5,9H2. The fourth-order valence-electron chi connectivity index (χ4n) is 0.832. The third kappa shape index (κ3) is 2.23. The molecule has 0 unspecified atom stereocenters. The molecule has 0 fully saturated rings. The van der Waals surface area contributed by atoms with Crippen LogP contribution in [0.4, 0.5) is 0 Å². The second-order valence-corrected chi connectivity index (χ2v) is 2.25. The highest BCUT2D eigenvalue weighted by Crippen LogP contribution is 2.06. The Kier molecular flexibility index (Phi) is 3.10. The van der Waals surface area contributed by atoms with Gasteiger partial charge in [0.1, 0.15) is 12.5 Å². The summed E-state index contributed by atoms with van der Waals surface area (Å²) in [7, 11) is -1.43. The van der Waals surface area contributed by atoms with Gasteiger partial charge in [-0.1, -0.05) is 12.1 Å². The van der Waals surface area contributed by atoms with Gasteiger partial charge >= 0.3 is 7.12 Å². The summed E-state index contributed by atoms with van der Waals surface area (Å²) >= 11 is 0. The summed E-state index contributed by atoms with van der Waals surface area (Å²) in [5.41, 5.74) is 5.57. The second kappa shape index (κ2) is 4.11. The van der Waals surface area contributed by atoms with Crippen molar-refractivity contribution in [2.45, 2.75) is 0 Å². The van der Waals surface area contributed by atoms with Crippen LogP contribution in [0.3, 0.4) is 0 Å². The van der Waals surface area contributed by atoms with Gasteiger partial charge in [-0.15, -0.1) is 0 Å². The summed E-state index contributed by atoms with van der Waals surface area (Å²) in [6.07, 6.45) is 0. The lowest BCUT2D eigenvalue weighted by molar-refractivity contribution is 0.329. The molecule has 1 aromatic carbocycles. The van der Waals surface area contributed by atoms with Crippen molar-refractivity contribution in [3.8, 4) is 5.75 Å². The fourth-order valence-corrected chi connectivity index (χ4v) is 0.832. The van der Waals surface area contributed by atoms with Gasteiger partial charge < -0.3 is 14.8 Å². The highest BCUT2D eigenvalue weighted by atomic mass is 16.5. The van der Waals surface area contributed by atoms with Gasteiger partial charge in [-0.3, -0.25) is 5.73 Å². The van der Waals surface area contributed by atoms with Crippen LogP contribution in [0.1, 0.15) is 0 Å².